The molecule has 0 saturated carbocycles. The number of amides is 1. The number of likely N-dealkylation sites (tertiary alicyclic amines) is 1. The molecule has 0 spiro atoms. The first-order valence-electron chi connectivity index (χ1n) is 7.86. The van der Waals surface area contributed by atoms with Crippen LogP contribution in [0.5, 0.6) is 0 Å². The Morgan fingerprint density at radius 2 is 2.13 bits per heavy atom. The quantitative estimate of drug-likeness (QED) is 0.869. The average Bonchev–Trinajstić information content (AvgIpc) is 3.14. The van der Waals surface area contributed by atoms with Crippen LogP contribution in [0, 0.1) is 12.8 Å². The zero-order valence-electron chi connectivity index (χ0n) is 13.7. The molecule has 5 nitrogen and oxygen atoms in total. The first-order valence-corrected chi connectivity index (χ1v) is 8.68. The molecule has 23 heavy (non-hydrogen) atoms. The molecule has 0 N–H and O–H groups in total. The van der Waals surface area contributed by atoms with E-state index in [0.717, 1.165) is 35.7 Å². The maximum atomic E-state index is 12.7. The predicted octanol–water partition coefficient (Wildman–Crippen LogP) is 2.90. The molecule has 1 saturated heterocycles. The molecule has 2 aromatic heterocycles. The van der Waals surface area contributed by atoms with Gasteiger partial charge in [0.05, 0.1) is 9.75 Å². The molecular weight excluding hydrogens is 310 g/mol. The molecule has 0 radical (unpaired) electrons. The zero-order chi connectivity index (χ0) is 16.6. The fourth-order valence-electron chi connectivity index (χ4n) is 2.92. The topological polar surface area (TPSA) is 55.2 Å². The lowest BCUT2D eigenvalue weighted by Crippen LogP contribution is -2.41. The highest BCUT2D eigenvalue weighted by Crippen LogP contribution is 2.29. The standard InChI is InChI=1S/C17H21N3O2S/c1-11-9-14(18-19(11)3)15-6-7-16(23-15)17(22)20-8-4-5-13(10-20)12(2)21/h6-7,9,13H,4-5,8,10H2,1-3H3. The summed E-state index contributed by atoms with van der Waals surface area (Å²) < 4.78 is 1.83. The van der Waals surface area contributed by atoms with Gasteiger partial charge in [0.2, 0.25) is 0 Å². The van der Waals surface area contributed by atoms with Crippen LogP contribution in [0.2, 0.25) is 0 Å². The van der Waals surface area contributed by atoms with Gasteiger partial charge in [-0.05, 0) is 44.9 Å². The maximum absolute atomic E-state index is 12.7. The van der Waals surface area contributed by atoms with Crippen LogP contribution in [0.25, 0.3) is 10.6 Å². The smallest absolute Gasteiger partial charge is 0.263 e. The van der Waals surface area contributed by atoms with Crippen molar-refractivity contribution >= 4 is 23.0 Å². The van der Waals surface area contributed by atoms with Crippen molar-refractivity contribution in [3.63, 3.8) is 0 Å². The van der Waals surface area contributed by atoms with Gasteiger partial charge in [-0.1, -0.05) is 0 Å². The summed E-state index contributed by atoms with van der Waals surface area (Å²) in [6.07, 6.45) is 1.79. The zero-order valence-corrected chi connectivity index (χ0v) is 14.5. The Balaban J connectivity index is 1.77. The van der Waals surface area contributed by atoms with Gasteiger partial charge in [0.25, 0.3) is 5.91 Å². The number of hydrogen-bond donors (Lipinski definition) is 0. The summed E-state index contributed by atoms with van der Waals surface area (Å²) in [5, 5.41) is 4.46. The summed E-state index contributed by atoms with van der Waals surface area (Å²) in [6, 6.07) is 5.84. The fraction of sp³-hybridized carbons (Fsp3) is 0.471. The van der Waals surface area contributed by atoms with E-state index in [1.165, 1.54) is 11.3 Å². The monoisotopic (exact) mass is 331 g/mol. The first-order chi connectivity index (χ1) is 11.0. The number of thiophene rings is 1. The number of hydrogen-bond acceptors (Lipinski definition) is 4. The van der Waals surface area contributed by atoms with Gasteiger partial charge in [-0.3, -0.25) is 14.3 Å². The number of nitrogens with zero attached hydrogens (tertiary/aromatic N) is 3. The summed E-state index contributed by atoms with van der Waals surface area (Å²) >= 11 is 1.47. The van der Waals surface area contributed by atoms with Crippen molar-refractivity contribution in [1.29, 1.82) is 0 Å². The van der Waals surface area contributed by atoms with Crippen LogP contribution >= 0.6 is 11.3 Å². The Hall–Kier alpha value is -1.95. The second-order valence-electron chi connectivity index (χ2n) is 6.16. The number of rotatable bonds is 3. The molecule has 6 heteroatoms. The van der Waals surface area contributed by atoms with Gasteiger partial charge < -0.3 is 4.90 Å². The molecule has 0 bridgehead atoms. The molecular formula is C17H21N3O2S. The fourth-order valence-corrected chi connectivity index (χ4v) is 3.85. The van der Waals surface area contributed by atoms with Crippen LogP contribution in [0.1, 0.15) is 35.1 Å². The third-order valence-corrected chi connectivity index (χ3v) is 5.56. The van der Waals surface area contributed by atoms with E-state index < -0.39 is 0 Å². The van der Waals surface area contributed by atoms with E-state index in [1.807, 2.05) is 41.8 Å². The van der Waals surface area contributed by atoms with E-state index in [9.17, 15) is 9.59 Å². The van der Waals surface area contributed by atoms with E-state index in [4.69, 9.17) is 0 Å². The van der Waals surface area contributed by atoms with Crippen LogP contribution in [0.4, 0.5) is 0 Å². The lowest BCUT2D eigenvalue weighted by atomic mass is 9.94. The van der Waals surface area contributed by atoms with Crippen LogP contribution in [-0.4, -0.2) is 39.5 Å². The molecule has 1 fully saturated rings. The second kappa shape index (κ2) is 6.28. The SMILES string of the molecule is CC(=O)C1CCCN(C(=O)c2ccc(-c3cc(C)n(C)n3)s2)C1. The molecule has 0 aromatic carbocycles. The highest BCUT2D eigenvalue weighted by molar-refractivity contribution is 7.17. The summed E-state index contributed by atoms with van der Waals surface area (Å²) in [4.78, 5) is 27.8. The molecule has 3 heterocycles. The van der Waals surface area contributed by atoms with Gasteiger partial charge >= 0.3 is 0 Å². The Morgan fingerprint density at radius 3 is 2.78 bits per heavy atom. The highest BCUT2D eigenvalue weighted by Gasteiger charge is 2.27. The molecule has 1 unspecified atom stereocenters. The summed E-state index contributed by atoms with van der Waals surface area (Å²) in [6.45, 7) is 4.90. The van der Waals surface area contributed by atoms with Gasteiger partial charge in [-0.25, -0.2) is 0 Å². The van der Waals surface area contributed by atoms with E-state index in [-0.39, 0.29) is 17.6 Å². The van der Waals surface area contributed by atoms with E-state index in [1.54, 1.807) is 6.92 Å². The molecule has 0 aliphatic carbocycles. The third-order valence-electron chi connectivity index (χ3n) is 4.47. The lowest BCUT2D eigenvalue weighted by Gasteiger charge is -2.31. The van der Waals surface area contributed by atoms with Crippen LogP contribution in [0.3, 0.4) is 0 Å². The number of piperidine rings is 1. The van der Waals surface area contributed by atoms with Crippen molar-refractivity contribution < 1.29 is 9.59 Å². The van der Waals surface area contributed by atoms with Crippen molar-refractivity contribution in [2.75, 3.05) is 13.1 Å². The summed E-state index contributed by atoms with van der Waals surface area (Å²) in [5.41, 5.74) is 1.98. The van der Waals surface area contributed by atoms with Gasteiger partial charge in [-0.15, -0.1) is 11.3 Å². The number of carbonyl (C=O) groups is 2. The highest BCUT2D eigenvalue weighted by atomic mass is 32.1. The minimum Gasteiger partial charge on any atom is -0.337 e. The normalized spacial score (nSPS) is 18.2. The predicted molar refractivity (Wildman–Crippen MR) is 90.6 cm³/mol. The van der Waals surface area contributed by atoms with Crippen LogP contribution < -0.4 is 0 Å². The van der Waals surface area contributed by atoms with Crippen molar-refractivity contribution in [3.8, 4) is 10.6 Å². The van der Waals surface area contributed by atoms with Gasteiger partial charge in [0.15, 0.2) is 0 Å². The van der Waals surface area contributed by atoms with Crippen molar-refractivity contribution in [1.82, 2.24) is 14.7 Å². The first kappa shape index (κ1) is 15.9. The molecule has 3 rings (SSSR count). The average molecular weight is 331 g/mol. The molecule has 1 aliphatic rings. The lowest BCUT2D eigenvalue weighted by molar-refractivity contribution is -0.121. The van der Waals surface area contributed by atoms with E-state index in [2.05, 4.69) is 5.10 Å². The number of aryl methyl sites for hydroxylation is 2. The second-order valence-corrected chi connectivity index (χ2v) is 7.24. The van der Waals surface area contributed by atoms with Gasteiger partial charge in [0.1, 0.15) is 11.5 Å². The summed E-state index contributed by atoms with van der Waals surface area (Å²) in [7, 11) is 1.91. The molecule has 1 amide bonds. The molecule has 1 aliphatic heterocycles. The summed E-state index contributed by atoms with van der Waals surface area (Å²) in [5.74, 6) is 0.198. The Kier molecular flexibility index (Phi) is 4.35. The minimum atomic E-state index is -0.00873. The van der Waals surface area contributed by atoms with Crippen molar-refractivity contribution in [2.45, 2.75) is 26.7 Å². The number of ketones is 1. The van der Waals surface area contributed by atoms with Crippen molar-refractivity contribution in [3.05, 3.63) is 28.8 Å². The number of Topliss-reactive ketones (excluding diaryl/α,β-unsaturated/α-hetero) is 1. The number of carbonyl (C=O) groups excluding carboxylic acids is 2. The van der Waals surface area contributed by atoms with Crippen molar-refractivity contribution in [2.24, 2.45) is 13.0 Å². The number of aromatic nitrogens is 2. The van der Waals surface area contributed by atoms with Gasteiger partial charge in [-0.2, -0.15) is 5.10 Å². The minimum absolute atomic E-state index is 0.00873. The Labute approximate surface area is 139 Å². The van der Waals surface area contributed by atoms with E-state index >= 15 is 0 Å². The third kappa shape index (κ3) is 3.22. The van der Waals surface area contributed by atoms with Crippen LogP contribution in [0.15, 0.2) is 18.2 Å². The molecule has 1 atom stereocenters. The Bertz CT molecular complexity index is 727. The largest absolute Gasteiger partial charge is 0.337 e. The van der Waals surface area contributed by atoms with Crippen LogP contribution in [-0.2, 0) is 11.8 Å². The maximum Gasteiger partial charge on any atom is 0.263 e. The molecule has 2 aromatic rings. The Morgan fingerprint density at radius 1 is 1.35 bits per heavy atom. The van der Waals surface area contributed by atoms with Gasteiger partial charge in [0, 0.05) is 31.7 Å². The van der Waals surface area contributed by atoms with E-state index in [0.29, 0.717) is 11.4 Å². The molecule has 122 valence electrons.